The van der Waals surface area contributed by atoms with Crippen molar-refractivity contribution in [3.05, 3.63) is 36.0 Å². The number of hydrogen-bond acceptors (Lipinski definition) is 3. The maximum Gasteiger partial charge on any atom is 0.150 e. The number of pyridine rings is 1. The van der Waals surface area contributed by atoms with Gasteiger partial charge in [-0.3, -0.25) is 4.79 Å². The van der Waals surface area contributed by atoms with Crippen LogP contribution in [0.4, 0.5) is 5.82 Å². The summed E-state index contributed by atoms with van der Waals surface area (Å²) in [5.74, 6) is 0.898. The third-order valence-corrected chi connectivity index (χ3v) is 2.99. The highest BCUT2D eigenvalue weighted by Gasteiger charge is 2.11. The average molecular weight is 228 g/mol. The molecule has 3 heteroatoms. The summed E-state index contributed by atoms with van der Waals surface area (Å²) in [7, 11) is 0. The van der Waals surface area contributed by atoms with E-state index in [1.165, 1.54) is 0 Å². The van der Waals surface area contributed by atoms with Crippen LogP contribution in [0.1, 0.15) is 24.2 Å². The van der Waals surface area contributed by atoms with Crippen LogP contribution in [0, 0.1) is 0 Å². The average Bonchev–Trinajstić information content (AvgIpc) is 2.39. The van der Waals surface area contributed by atoms with Crippen molar-refractivity contribution in [2.24, 2.45) is 0 Å². The minimum atomic E-state index is 0.706. The van der Waals surface area contributed by atoms with Crippen LogP contribution in [0.3, 0.4) is 0 Å². The summed E-state index contributed by atoms with van der Waals surface area (Å²) in [6, 6.07) is 7.69. The monoisotopic (exact) mass is 228 g/mol. The summed E-state index contributed by atoms with van der Waals surface area (Å²) in [6.07, 6.45) is 2.70. The van der Waals surface area contributed by atoms with E-state index in [0.29, 0.717) is 5.56 Å². The molecule has 88 valence electrons. The molecule has 0 radical (unpaired) electrons. The van der Waals surface area contributed by atoms with Gasteiger partial charge in [-0.2, -0.15) is 0 Å². The normalized spacial score (nSPS) is 10.5. The lowest BCUT2D eigenvalue weighted by Gasteiger charge is -2.21. The molecule has 0 aliphatic carbocycles. The molecule has 17 heavy (non-hydrogen) atoms. The van der Waals surface area contributed by atoms with E-state index in [1.807, 2.05) is 24.3 Å². The van der Waals surface area contributed by atoms with Crippen LogP contribution in [0.5, 0.6) is 0 Å². The van der Waals surface area contributed by atoms with Crippen LogP contribution >= 0.6 is 0 Å². The minimum absolute atomic E-state index is 0.706. The van der Waals surface area contributed by atoms with Crippen LogP contribution < -0.4 is 4.90 Å². The summed E-state index contributed by atoms with van der Waals surface area (Å²) in [6.45, 7) is 5.95. The van der Waals surface area contributed by atoms with Crippen molar-refractivity contribution in [1.29, 1.82) is 0 Å². The zero-order valence-corrected chi connectivity index (χ0v) is 10.2. The van der Waals surface area contributed by atoms with Crippen molar-refractivity contribution in [2.45, 2.75) is 13.8 Å². The second-order valence-corrected chi connectivity index (χ2v) is 3.87. The Kier molecular flexibility index (Phi) is 3.38. The molecule has 0 N–H and O–H groups in total. The van der Waals surface area contributed by atoms with Crippen molar-refractivity contribution in [3.63, 3.8) is 0 Å². The van der Waals surface area contributed by atoms with Crippen LogP contribution in [-0.2, 0) is 0 Å². The quantitative estimate of drug-likeness (QED) is 0.754. The predicted molar refractivity (Wildman–Crippen MR) is 70.7 cm³/mol. The molecule has 0 bridgehead atoms. The lowest BCUT2D eigenvalue weighted by Crippen LogP contribution is -2.23. The maximum atomic E-state index is 11.1. The van der Waals surface area contributed by atoms with E-state index < -0.39 is 0 Å². The second-order valence-electron chi connectivity index (χ2n) is 3.87. The van der Waals surface area contributed by atoms with Gasteiger partial charge in [0.1, 0.15) is 5.82 Å². The number of nitrogens with zero attached hydrogens (tertiary/aromatic N) is 2. The van der Waals surface area contributed by atoms with E-state index in [2.05, 4.69) is 23.7 Å². The van der Waals surface area contributed by atoms with Crippen molar-refractivity contribution in [1.82, 2.24) is 4.98 Å². The van der Waals surface area contributed by atoms with E-state index in [4.69, 9.17) is 0 Å². The van der Waals surface area contributed by atoms with Gasteiger partial charge in [0.05, 0.1) is 0 Å². The standard InChI is InChI=1S/C14H16N2O/c1-3-16(4-2)14-13-11(8-9-15-14)6-5-7-12(13)10-17/h5-10H,3-4H2,1-2H3. The number of fused-ring (bicyclic) bond motifs is 1. The van der Waals surface area contributed by atoms with Gasteiger partial charge < -0.3 is 4.90 Å². The van der Waals surface area contributed by atoms with Gasteiger partial charge in [-0.1, -0.05) is 18.2 Å². The highest BCUT2D eigenvalue weighted by atomic mass is 16.1. The van der Waals surface area contributed by atoms with Gasteiger partial charge >= 0.3 is 0 Å². The maximum absolute atomic E-state index is 11.1. The zero-order chi connectivity index (χ0) is 12.3. The minimum Gasteiger partial charge on any atom is -0.357 e. The molecule has 1 aromatic heterocycles. The molecule has 2 aromatic rings. The smallest absolute Gasteiger partial charge is 0.150 e. The summed E-state index contributed by atoms with van der Waals surface area (Å²) in [5, 5.41) is 2.01. The Bertz CT molecular complexity index is 527. The van der Waals surface area contributed by atoms with Gasteiger partial charge in [0.15, 0.2) is 6.29 Å². The Morgan fingerprint density at radius 3 is 2.65 bits per heavy atom. The highest BCUT2D eigenvalue weighted by molar-refractivity contribution is 6.04. The molecule has 0 saturated heterocycles. The summed E-state index contributed by atoms with van der Waals surface area (Å²) in [5.41, 5.74) is 0.706. The van der Waals surface area contributed by atoms with Crippen LogP contribution in [-0.4, -0.2) is 24.4 Å². The Balaban J connectivity index is 2.74. The zero-order valence-electron chi connectivity index (χ0n) is 10.2. The number of rotatable bonds is 4. The fourth-order valence-corrected chi connectivity index (χ4v) is 2.10. The molecule has 0 fully saturated rings. The van der Waals surface area contributed by atoms with Gasteiger partial charge in [0.2, 0.25) is 0 Å². The molecule has 1 heterocycles. The van der Waals surface area contributed by atoms with Crippen molar-refractivity contribution >= 4 is 22.9 Å². The van der Waals surface area contributed by atoms with Crippen LogP contribution in [0.25, 0.3) is 10.8 Å². The largest absolute Gasteiger partial charge is 0.357 e. The van der Waals surface area contributed by atoms with Gasteiger partial charge in [-0.15, -0.1) is 0 Å². The fraction of sp³-hybridized carbons (Fsp3) is 0.286. The molecule has 2 rings (SSSR count). The number of carbonyl (C=O) groups excluding carboxylic acids is 1. The van der Waals surface area contributed by atoms with E-state index >= 15 is 0 Å². The first kappa shape index (κ1) is 11.6. The number of aldehydes is 1. The molecule has 0 aliphatic heterocycles. The predicted octanol–water partition coefficient (Wildman–Crippen LogP) is 2.89. The molecule has 0 spiro atoms. The molecular formula is C14H16N2O. The Labute approximate surface area is 101 Å². The van der Waals surface area contributed by atoms with Gasteiger partial charge in [0, 0.05) is 30.2 Å². The molecule has 0 saturated carbocycles. The number of carbonyl (C=O) groups is 1. The first-order chi connectivity index (χ1) is 8.31. The fourth-order valence-electron chi connectivity index (χ4n) is 2.10. The first-order valence-corrected chi connectivity index (χ1v) is 5.89. The lowest BCUT2D eigenvalue weighted by molar-refractivity contribution is 0.112. The Morgan fingerprint density at radius 1 is 1.24 bits per heavy atom. The van der Waals surface area contributed by atoms with E-state index in [0.717, 1.165) is 36.0 Å². The topological polar surface area (TPSA) is 33.2 Å². The SMILES string of the molecule is CCN(CC)c1nccc2cccc(C=O)c12. The van der Waals surface area contributed by atoms with Gasteiger partial charge in [-0.25, -0.2) is 4.98 Å². The molecule has 0 unspecified atom stereocenters. The van der Waals surface area contributed by atoms with Crippen molar-refractivity contribution in [2.75, 3.05) is 18.0 Å². The molecular weight excluding hydrogens is 212 g/mol. The van der Waals surface area contributed by atoms with Crippen LogP contribution in [0.2, 0.25) is 0 Å². The molecule has 0 aliphatic rings. The van der Waals surface area contributed by atoms with Crippen molar-refractivity contribution in [3.8, 4) is 0 Å². The summed E-state index contributed by atoms with van der Waals surface area (Å²) in [4.78, 5) is 17.7. The first-order valence-electron chi connectivity index (χ1n) is 5.89. The number of aromatic nitrogens is 1. The third kappa shape index (κ3) is 2.00. The summed E-state index contributed by atoms with van der Waals surface area (Å²) >= 11 is 0. The van der Waals surface area contributed by atoms with E-state index in [-0.39, 0.29) is 0 Å². The molecule has 0 amide bonds. The van der Waals surface area contributed by atoms with Gasteiger partial charge in [-0.05, 0) is 25.3 Å². The summed E-state index contributed by atoms with van der Waals surface area (Å²) < 4.78 is 0. The van der Waals surface area contributed by atoms with E-state index in [1.54, 1.807) is 6.20 Å². The lowest BCUT2D eigenvalue weighted by atomic mass is 10.1. The number of hydrogen-bond donors (Lipinski definition) is 0. The molecule has 1 aromatic carbocycles. The Morgan fingerprint density at radius 2 is 2.00 bits per heavy atom. The van der Waals surface area contributed by atoms with Crippen molar-refractivity contribution < 1.29 is 4.79 Å². The number of benzene rings is 1. The van der Waals surface area contributed by atoms with Crippen LogP contribution in [0.15, 0.2) is 30.5 Å². The number of anilines is 1. The highest BCUT2D eigenvalue weighted by Crippen LogP contribution is 2.26. The van der Waals surface area contributed by atoms with E-state index in [9.17, 15) is 4.79 Å². The van der Waals surface area contributed by atoms with Gasteiger partial charge in [0.25, 0.3) is 0 Å². The molecule has 0 atom stereocenters. The second kappa shape index (κ2) is 4.95. The molecule has 3 nitrogen and oxygen atoms in total. The Hall–Kier alpha value is -1.90. The third-order valence-electron chi connectivity index (χ3n) is 2.99.